The molecule has 5 heteroatoms. The molecule has 2 rings (SSSR count). The van der Waals surface area contributed by atoms with Crippen LogP contribution in [0.4, 0.5) is 4.39 Å². The number of halogens is 1. The second-order valence-electron chi connectivity index (χ2n) is 5.03. The zero-order valence-corrected chi connectivity index (χ0v) is 12.2. The third-order valence-electron chi connectivity index (χ3n) is 3.15. The average molecular weight is 276 g/mol. The molecule has 0 aliphatic heterocycles. The molecule has 0 aliphatic rings. The van der Waals surface area contributed by atoms with Crippen molar-refractivity contribution in [3.05, 3.63) is 41.2 Å². The quantitative estimate of drug-likeness (QED) is 0.912. The molecule has 0 saturated carbocycles. The fourth-order valence-corrected chi connectivity index (χ4v) is 2.18. The highest BCUT2D eigenvalue weighted by atomic mass is 19.1. The Morgan fingerprint density at radius 2 is 2.05 bits per heavy atom. The van der Waals surface area contributed by atoms with Gasteiger partial charge in [-0.2, -0.15) is 5.10 Å². The molecule has 108 valence electrons. The first-order valence-corrected chi connectivity index (χ1v) is 7.04. The molecule has 20 heavy (non-hydrogen) atoms. The summed E-state index contributed by atoms with van der Waals surface area (Å²) in [6.07, 6.45) is 2.12. The molecule has 0 aliphatic carbocycles. The van der Waals surface area contributed by atoms with E-state index in [2.05, 4.69) is 10.1 Å². The first-order valence-electron chi connectivity index (χ1n) is 7.04. The standard InChI is InChI=1S/C15H21FN4/c1-4-14-18-15(5-2)20(19-14)13-7-6-11(8-10(3)17)9-12(13)16/h6-7,9-10H,4-5,8,17H2,1-3H3. The van der Waals surface area contributed by atoms with E-state index in [0.717, 1.165) is 23.6 Å². The number of rotatable bonds is 5. The van der Waals surface area contributed by atoms with Crippen molar-refractivity contribution in [2.24, 2.45) is 5.73 Å². The maximum absolute atomic E-state index is 14.3. The van der Waals surface area contributed by atoms with Gasteiger partial charge in [0.15, 0.2) is 5.82 Å². The van der Waals surface area contributed by atoms with E-state index in [1.54, 1.807) is 10.7 Å². The van der Waals surface area contributed by atoms with Gasteiger partial charge in [0.1, 0.15) is 17.3 Å². The number of aromatic nitrogens is 3. The Morgan fingerprint density at radius 3 is 2.60 bits per heavy atom. The Morgan fingerprint density at radius 1 is 1.30 bits per heavy atom. The fraction of sp³-hybridized carbons (Fsp3) is 0.467. The van der Waals surface area contributed by atoms with Crippen LogP contribution in [0.5, 0.6) is 0 Å². The number of nitrogens with two attached hydrogens (primary N) is 1. The van der Waals surface area contributed by atoms with Crippen LogP contribution in [0.1, 0.15) is 38.0 Å². The molecule has 1 unspecified atom stereocenters. The van der Waals surface area contributed by atoms with Crippen LogP contribution < -0.4 is 5.73 Å². The molecule has 1 aromatic carbocycles. The minimum Gasteiger partial charge on any atom is -0.328 e. The van der Waals surface area contributed by atoms with Crippen molar-refractivity contribution in [3.8, 4) is 5.69 Å². The van der Waals surface area contributed by atoms with Crippen LogP contribution in [-0.2, 0) is 19.3 Å². The van der Waals surface area contributed by atoms with E-state index in [1.165, 1.54) is 6.07 Å². The minimum absolute atomic E-state index is 0.0181. The Kier molecular flexibility index (Phi) is 4.49. The van der Waals surface area contributed by atoms with Crippen LogP contribution in [0.2, 0.25) is 0 Å². The predicted octanol–water partition coefficient (Wildman–Crippen LogP) is 2.42. The molecule has 4 nitrogen and oxygen atoms in total. The van der Waals surface area contributed by atoms with Gasteiger partial charge in [-0.25, -0.2) is 14.1 Å². The van der Waals surface area contributed by atoms with Crippen molar-refractivity contribution in [2.75, 3.05) is 0 Å². The smallest absolute Gasteiger partial charge is 0.151 e. The van der Waals surface area contributed by atoms with Gasteiger partial charge < -0.3 is 5.73 Å². The van der Waals surface area contributed by atoms with E-state index in [1.807, 2.05) is 26.8 Å². The normalized spacial score (nSPS) is 12.7. The van der Waals surface area contributed by atoms with E-state index >= 15 is 0 Å². The molecular formula is C15H21FN4. The monoisotopic (exact) mass is 276 g/mol. The van der Waals surface area contributed by atoms with Gasteiger partial charge in [-0.05, 0) is 31.0 Å². The van der Waals surface area contributed by atoms with Crippen LogP contribution in [0.25, 0.3) is 5.69 Å². The summed E-state index contributed by atoms with van der Waals surface area (Å²) in [7, 11) is 0. The van der Waals surface area contributed by atoms with Gasteiger partial charge in [-0.1, -0.05) is 19.9 Å². The molecule has 1 heterocycles. The summed E-state index contributed by atoms with van der Waals surface area (Å²) in [6, 6.07) is 5.20. The van der Waals surface area contributed by atoms with Crippen molar-refractivity contribution in [1.82, 2.24) is 14.8 Å². The lowest BCUT2D eigenvalue weighted by molar-refractivity contribution is 0.601. The second-order valence-corrected chi connectivity index (χ2v) is 5.03. The highest BCUT2D eigenvalue weighted by Gasteiger charge is 2.13. The highest BCUT2D eigenvalue weighted by Crippen LogP contribution is 2.17. The van der Waals surface area contributed by atoms with Crippen molar-refractivity contribution < 1.29 is 4.39 Å². The zero-order chi connectivity index (χ0) is 14.7. The van der Waals surface area contributed by atoms with Gasteiger partial charge in [-0.15, -0.1) is 0 Å². The van der Waals surface area contributed by atoms with E-state index in [4.69, 9.17) is 5.73 Å². The van der Waals surface area contributed by atoms with E-state index in [0.29, 0.717) is 18.5 Å². The minimum atomic E-state index is -0.287. The van der Waals surface area contributed by atoms with Gasteiger partial charge in [0, 0.05) is 18.9 Å². The summed E-state index contributed by atoms with van der Waals surface area (Å²) in [5.74, 6) is 1.23. The van der Waals surface area contributed by atoms with Crippen LogP contribution in [0, 0.1) is 5.82 Å². The molecule has 2 N–H and O–H groups in total. The van der Waals surface area contributed by atoms with Crippen LogP contribution in [-0.4, -0.2) is 20.8 Å². The first kappa shape index (κ1) is 14.7. The summed E-state index contributed by atoms with van der Waals surface area (Å²) >= 11 is 0. The lowest BCUT2D eigenvalue weighted by Gasteiger charge is -2.09. The SMILES string of the molecule is CCc1nc(CC)n(-c2ccc(CC(C)N)cc2F)n1. The Balaban J connectivity index is 2.40. The van der Waals surface area contributed by atoms with Gasteiger partial charge in [0.05, 0.1) is 0 Å². The van der Waals surface area contributed by atoms with Gasteiger partial charge in [-0.3, -0.25) is 0 Å². The topological polar surface area (TPSA) is 56.7 Å². The van der Waals surface area contributed by atoms with E-state index in [9.17, 15) is 4.39 Å². The van der Waals surface area contributed by atoms with Crippen molar-refractivity contribution in [3.63, 3.8) is 0 Å². The highest BCUT2D eigenvalue weighted by molar-refractivity contribution is 5.37. The third-order valence-corrected chi connectivity index (χ3v) is 3.15. The Labute approximate surface area is 118 Å². The number of nitrogens with zero attached hydrogens (tertiary/aromatic N) is 3. The average Bonchev–Trinajstić information content (AvgIpc) is 2.81. The zero-order valence-electron chi connectivity index (χ0n) is 12.2. The molecule has 0 amide bonds. The van der Waals surface area contributed by atoms with Gasteiger partial charge in [0.2, 0.25) is 0 Å². The van der Waals surface area contributed by atoms with Gasteiger partial charge >= 0.3 is 0 Å². The fourth-order valence-electron chi connectivity index (χ4n) is 2.18. The van der Waals surface area contributed by atoms with Crippen molar-refractivity contribution in [1.29, 1.82) is 0 Å². The molecule has 0 bridgehead atoms. The molecule has 0 radical (unpaired) electrons. The third kappa shape index (κ3) is 3.04. The molecule has 2 aromatic rings. The first-order chi connectivity index (χ1) is 9.55. The number of benzene rings is 1. The van der Waals surface area contributed by atoms with E-state index in [-0.39, 0.29) is 11.9 Å². The summed E-state index contributed by atoms with van der Waals surface area (Å²) in [5.41, 5.74) is 7.09. The van der Waals surface area contributed by atoms with Crippen LogP contribution in [0.3, 0.4) is 0 Å². The second kappa shape index (κ2) is 6.13. The summed E-state index contributed by atoms with van der Waals surface area (Å²) in [6.45, 7) is 5.88. The van der Waals surface area contributed by atoms with Crippen molar-refractivity contribution >= 4 is 0 Å². The maximum atomic E-state index is 14.3. The molecule has 1 aromatic heterocycles. The molecule has 0 spiro atoms. The van der Waals surface area contributed by atoms with Gasteiger partial charge in [0.25, 0.3) is 0 Å². The van der Waals surface area contributed by atoms with Crippen molar-refractivity contribution in [2.45, 2.75) is 46.1 Å². The summed E-state index contributed by atoms with van der Waals surface area (Å²) in [4.78, 5) is 4.40. The summed E-state index contributed by atoms with van der Waals surface area (Å²) < 4.78 is 15.9. The Hall–Kier alpha value is -1.75. The Bertz CT molecular complexity index is 590. The lowest BCUT2D eigenvalue weighted by atomic mass is 10.1. The van der Waals surface area contributed by atoms with Crippen LogP contribution >= 0.6 is 0 Å². The maximum Gasteiger partial charge on any atom is 0.151 e. The molecule has 1 atom stereocenters. The number of hydrogen-bond acceptors (Lipinski definition) is 3. The molecule has 0 fully saturated rings. The number of hydrogen-bond donors (Lipinski definition) is 1. The largest absolute Gasteiger partial charge is 0.328 e. The predicted molar refractivity (Wildman–Crippen MR) is 77.4 cm³/mol. The lowest BCUT2D eigenvalue weighted by Crippen LogP contribution is -2.18. The summed E-state index contributed by atoms with van der Waals surface area (Å²) in [5, 5.41) is 4.36. The molecular weight excluding hydrogens is 255 g/mol. The number of aryl methyl sites for hydroxylation is 2. The molecule has 0 saturated heterocycles. The van der Waals surface area contributed by atoms with E-state index < -0.39 is 0 Å². The van der Waals surface area contributed by atoms with Crippen LogP contribution in [0.15, 0.2) is 18.2 Å².